The molecule has 2 N–H and O–H groups in total. The second kappa shape index (κ2) is 6.68. The lowest BCUT2D eigenvalue weighted by Gasteiger charge is -2.44. The Morgan fingerprint density at radius 3 is 2.40 bits per heavy atom. The predicted octanol–water partition coefficient (Wildman–Crippen LogP) is 3.35. The molecule has 2 nitrogen and oxygen atoms in total. The minimum atomic E-state index is -0.172. The summed E-state index contributed by atoms with van der Waals surface area (Å²) in [4.78, 5) is 2.31. The molecule has 0 amide bonds. The van der Waals surface area contributed by atoms with Gasteiger partial charge in [0.25, 0.3) is 0 Å². The third-order valence-corrected chi connectivity index (χ3v) is 4.89. The topological polar surface area (TPSA) is 29.3 Å². The van der Waals surface area contributed by atoms with Gasteiger partial charge in [-0.3, -0.25) is 0 Å². The largest absolute Gasteiger partial charge is 0.326 e. The maximum absolute atomic E-state index is 13.3. The number of rotatable bonds is 4. The van der Waals surface area contributed by atoms with Crippen LogP contribution in [0, 0.1) is 5.82 Å². The van der Waals surface area contributed by atoms with Crippen LogP contribution in [0.5, 0.6) is 0 Å². The molecule has 1 aromatic rings. The minimum absolute atomic E-state index is 0.0531. The van der Waals surface area contributed by atoms with E-state index < -0.39 is 0 Å². The lowest BCUT2D eigenvalue weighted by molar-refractivity contribution is 0.0968. The zero-order valence-corrected chi connectivity index (χ0v) is 12.7. The maximum atomic E-state index is 13.3. The van der Waals surface area contributed by atoms with Gasteiger partial charge >= 0.3 is 0 Å². The number of nitrogens with two attached hydrogens (primary N) is 1. The Hall–Kier alpha value is -0.930. The van der Waals surface area contributed by atoms with E-state index in [4.69, 9.17) is 5.73 Å². The van der Waals surface area contributed by atoms with Crippen LogP contribution in [-0.2, 0) is 6.42 Å². The number of hydrogen-bond acceptors (Lipinski definition) is 2. The smallest absolute Gasteiger partial charge is 0.123 e. The monoisotopic (exact) mass is 278 g/mol. The molecule has 0 aliphatic heterocycles. The summed E-state index contributed by atoms with van der Waals surface area (Å²) in [6, 6.07) is 6.90. The highest BCUT2D eigenvalue weighted by Gasteiger charge is 2.38. The van der Waals surface area contributed by atoms with Gasteiger partial charge < -0.3 is 10.6 Å². The van der Waals surface area contributed by atoms with Gasteiger partial charge in [0.15, 0.2) is 0 Å². The van der Waals surface area contributed by atoms with Crippen LogP contribution in [-0.4, -0.2) is 30.6 Å². The average Bonchev–Trinajstić information content (AvgIpc) is 2.65. The average molecular weight is 278 g/mol. The Kier molecular flexibility index (Phi) is 5.17. The van der Waals surface area contributed by atoms with E-state index in [0.717, 1.165) is 24.8 Å². The van der Waals surface area contributed by atoms with Gasteiger partial charge in [-0.1, -0.05) is 37.8 Å². The van der Waals surface area contributed by atoms with E-state index in [1.165, 1.54) is 31.7 Å². The Balaban J connectivity index is 2.16. The molecule has 3 heteroatoms. The van der Waals surface area contributed by atoms with Crippen molar-refractivity contribution in [2.24, 2.45) is 5.73 Å². The van der Waals surface area contributed by atoms with Gasteiger partial charge in [-0.05, 0) is 51.1 Å². The molecule has 1 aliphatic rings. The van der Waals surface area contributed by atoms with Crippen LogP contribution in [0.1, 0.15) is 44.1 Å². The molecule has 1 saturated carbocycles. The summed E-state index contributed by atoms with van der Waals surface area (Å²) < 4.78 is 13.3. The summed E-state index contributed by atoms with van der Waals surface area (Å²) in [5.74, 6) is -0.172. The molecule has 2 rings (SSSR count). The van der Waals surface area contributed by atoms with E-state index in [9.17, 15) is 4.39 Å². The first-order valence-electron chi connectivity index (χ1n) is 7.72. The Labute approximate surface area is 122 Å². The summed E-state index contributed by atoms with van der Waals surface area (Å²) in [5, 5.41) is 0. The summed E-state index contributed by atoms with van der Waals surface area (Å²) in [5.41, 5.74) is 7.63. The predicted molar refractivity (Wildman–Crippen MR) is 82.2 cm³/mol. The molecular formula is C17H27FN2. The Morgan fingerprint density at radius 1 is 1.20 bits per heavy atom. The molecule has 20 heavy (non-hydrogen) atoms. The number of likely N-dealkylation sites (N-methyl/N-ethyl adjacent to an activating group) is 1. The van der Waals surface area contributed by atoms with Crippen LogP contribution in [0.2, 0.25) is 0 Å². The van der Waals surface area contributed by atoms with Gasteiger partial charge in [0.05, 0.1) is 0 Å². The molecule has 0 bridgehead atoms. The number of benzene rings is 1. The fourth-order valence-electron chi connectivity index (χ4n) is 3.60. The second-order valence-electron chi connectivity index (χ2n) is 6.35. The molecule has 0 saturated heterocycles. The van der Waals surface area contributed by atoms with Gasteiger partial charge in [-0.2, -0.15) is 0 Å². The first-order valence-corrected chi connectivity index (χ1v) is 7.72. The van der Waals surface area contributed by atoms with E-state index in [1.807, 2.05) is 6.07 Å². The molecule has 0 heterocycles. The third-order valence-electron chi connectivity index (χ3n) is 4.89. The van der Waals surface area contributed by atoms with Gasteiger partial charge in [0.2, 0.25) is 0 Å². The Bertz CT molecular complexity index is 423. The molecule has 112 valence electrons. The number of nitrogens with zero attached hydrogens (tertiary/aromatic N) is 1. The zero-order valence-electron chi connectivity index (χ0n) is 12.7. The Morgan fingerprint density at radius 2 is 1.85 bits per heavy atom. The summed E-state index contributed by atoms with van der Waals surface area (Å²) in [6.45, 7) is 0. The second-order valence-corrected chi connectivity index (χ2v) is 6.35. The first-order chi connectivity index (χ1) is 9.54. The van der Waals surface area contributed by atoms with Crippen molar-refractivity contribution in [2.75, 3.05) is 14.1 Å². The minimum Gasteiger partial charge on any atom is -0.326 e. The molecule has 0 aromatic heterocycles. The van der Waals surface area contributed by atoms with E-state index >= 15 is 0 Å². The molecule has 1 fully saturated rings. The van der Waals surface area contributed by atoms with E-state index in [2.05, 4.69) is 19.0 Å². The number of halogens is 1. The van der Waals surface area contributed by atoms with E-state index in [1.54, 1.807) is 12.1 Å². The first kappa shape index (κ1) is 15.5. The highest BCUT2D eigenvalue weighted by Crippen LogP contribution is 2.34. The van der Waals surface area contributed by atoms with E-state index in [-0.39, 0.29) is 17.4 Å². The van der Waals surface area contributed by atoms with Crippen molar-refractivity contribution in [3.8, 4) is 0 Å². The van der Waals surface area contributed by atoms with Crippen LogP contribution >= 0.6 is 0 Å². The lowest BCUT2D eigenvalue weighted by atomic mass is 9.79. The fraction of sp³-hybridized carbons (Fsp3) is 0.647. The van der Waals surface area contributed by atoms with Crippen molar-refractivity contribution in [1.82, 2.24) is 4.90 Å². The van der Waals surface area contributed by atoms with Crippen molar-refractivity contribution >= 4 is 0 Å². The van der Waals surface area contributed by atoms with Crippen LogP contribution in [0.4, 0.5) is 4.39 Å². The quantitative estimate of drug-likeness (QED) is 0.856. The summed E-state index contributed by atoms with van der Waals surface area (Å²) >= 11 is 0. The van der Waals surface area contributed by atoms with Crippen LogP contribution < -0.4 is 5.73 Å². The van der Waals surface area contributed by atoms with Crippen LogP contribution in [0.3, 0.4) is 0 Å². The standard InChI is InChI=1S/C17H27FN2/c1-20(2)17(10-5-3-4-6-11-17)16(19)13-14-8-7-9-15(18)12-14/h7-9,12,16H,3-6,10-11,13,19H2,1-2H3. The third kappa shape index (κ3) is 3.39. The molecule has 0 radical (unpaired) electrons. The fourth-order valence-corrected chi connectivity index (χ4v) is 3.60. The zero-order chi connectivity index (χ0) is 14.6. The molecule has 0 spiro atoms. The molecule has 1 atom stereocenters. The van der Waals surface area contributed by atoms with Gasteiger partial charge in [-0.15, -0.1) is 0 Å². The lowest BCUT2D eigenvalue weighted by Crippen LogP contribution is -2.58. The molecule has 1 unspecified atom stereocenters. The maximum Gasteiger partial charge on any atom is 0.123 e. The van der Waals surface area contributed by atoms with Gasteiger partial charge in [0, 0.05) is 11.6 Å². The highest BCUT2D eigenvalue weighted by molar-refractivity contribution is 5.19. The molecule has 1 aliphatic carbocycles. The van der Waals surface area contributed by atoms with Crippen molar-refractivity contribution in [3.05, 3.63) is 35.6 Å². The van der Waals surface area contributed by atoms with E-state index in [0.29, 0.717) is 0 Å². The highest BCUT2D eigenvalue weighted by atomic mass is 19.1. The van der Waals surface area contributed by atoms with Gasteiger partial charge in [0.1, 0.15) is 5.82 Å². The van der Waals surface area contributed by atoms with Crippen LogP contribution in [0.25, 0.3) is 0 Å². The van der Waals surface area contributed by atoms with Crippen molar-refractivity contribution in [2.45, 2.75) is 56.5 Å². The molecular weight excluding hydrogens is 251 g/mol. The molecule has 1 aromatic carbocycles. The number of hydrogen-bond donors (Lipinski definition) is 1. The van der Waals surface area contributed by atoms with Crippen molar-refractivity contribution < 1.29 is 4.39 Å². The van der Waals surface area contributed by atoms with Crippen molar-refractivity contribution in [1.29, 1.82) is 0 Å². The normalized spacial score (nSPS) is 20.6. The summed E-state index contributed by atoms with van der Waals surface area (Å²) in [7, 11) is 4.27. The summed E-state index contributed by atoms with van der Waals surface area (Å²) in [6.07, 6.45) is 8.15. The van der Waals surface area contributed by atoms with Crippen LogP contribution in [0.15, 0.2) is 24.3 Å². The SMILES string of the molecule is CN(C)C1(C(N)Cc2cccc(F)c2)CCCCCC1. The van der Waals surface area contributed by atoms with Gasteiger partial charge in [-0.25, -0.2) is 4.39 Å². The van der Waals surface area contributed by atoms with Crippen molar-refractivity contribution in [3.63, 3.8) is 0 Å².